The second kappa shape index (κ2) is 6.77. The number of carbonyl (C=O) groups is 1. The lowest BCUT2D eigenvalue weighted by molar-refractivity contribution is 0.0914. The van der Waals surface area contributed by atoms with Gasteiger partial charge in [-0.15, -0.1) is 0 Å². The molecule has 128 valence electrons. The molecule has 5 nitrogen and oxygen atoms in total. The molecule has 0 radical (unpaired) electrons. The predicted molar refractivity (Wildman–Crippen MR) is 98.2 cm³/mol. The average molecular weight is 347 g/mol. The number of anilines is 2. The quantitative estimate of drug-likeness (QED) is 0.868. The van der Waals surface area contributed by atoms with E-state index in [4.69, 9.17) is 11.6 Å². The van der Waals surface area contributed by atoms with Gasteiger partial charge in [0.25, 0.3) is 5.91 Å². The highest BCUT2D eigenvalue weighted by atomic mass is 35.5. The van der Waals surface area contributed by atoms with Crippen LogP contribution in [0.15, 0.2) is 18.2 Å². The monoisotopic (exact) mass is 346 g/mol. The van der Waals surface area contributed by atoms with Crippen LogP contribution in [0.4, 0.5) is 11.6 Å². The molecule has 0 atom stereocenters. The van der Waals surface area contributed by atoms with Crippen molar-refractivity contribution < 1.29 is 4.79 Å². The number of aromatic nitrogens is 2. The first-order chi connectivity index (χ1) is 11.0. The summed E-state index contributed by atoms with van der Waals surface area (Å²) in [6, 6.07) is 5.56. The molecule has 0 aliphatic rings. The van der Waals surface area contributed by atoms with Crippen LogP contribution in [0.1, 0.15) is 48.1 Å². The minimum absolute atomic E-state index is 0.234. The zero-order valence-electron chi connectivity index (χ0n) is 14.9. The van der Waals surface area contributed by atoms with E-state index in [1.165, 1.54) is 0 Å². The summed E-state index contributed by atoms with van der Waals surface area (Å²) in [5, 5.41) is 6.63. The van der Waals surface area contributed by atoms with Gasteiger partial charge in [-0.2, -0.15) is 0 Å². The van der Waals surface area contributed by atoms with Crippen LogP contribution in [-0.2, 0) is 0 Å². The SMILES string of the molecule is Cc1cc(C)c(Nc2nc(C)cc(C(=O)NC(C)(C)C)n2)c(Cl)c1. The van der Waals surface area contributed by atoms with Gasteiger partial charge in [0.05, 0.1) is 10.7 Å². The number of aryl methyl sites for hydroxylation is 3. The van der Waals surface area contributed by atoms with Gasteiger partial charge < -0.3 is 10.6 Å². The van der Waals surface area contributed by atoms with Crippen molar-refractivity contribution in [3.05, 3.63) is 45.7 Å². The molecule has 0 fully saturated rings. The molecule has 6 heteroatoms. The lowest BCUT2D eigenvalue weighted by atomic mass is 10.1. The van der Waals surface area contributed by atoms with Crippen LogP contribution in [0.2, 0.25) is 5.02 Å². The summed E-state index contributed by atoms with van der Waals surface area (Å²) < 4.78 is 0. The van der Waals surface area contributed by atoms with E-state index in [0.29, 0.717) is 22.4 Å². The molecule has 1 amide bonds. The predicted octanol–water partition coefficient (Wildman–Crippen LogP) is 4.33. The molecule has 0 spiro atoms. The Balaban J connectivity index is 2.34. The normalized spacial score (nSPS) is 11.3. The summed E-state index contributed by atoms with van der Waals surface area (Å²) in [6.07, 6.45) is 0. The zero-order chi connectivity index (χ0) is 18.1. The maximum absolute atomic E-state index is 12.3. The maximum Gasteiger partial charge on any atom is 0.270 e. The second-order valence-corrected chi connectivity index (χ2v) is 7.39. The van der Waals surface area contributed by atoms with E-state index in [1.54, 1.807) is 6.07 Å². The van der Waals surface area contributed by atoms with Crippen molar-refractivity contribution in [3.8, 4) is 0 Å². The summed E-state index contributed by atoms with van der Waals surface area (Å²) in [5.74, 6) is 0.116. The van der Waals surface area contributed by atoms with E-state index < -0.39 is 0 Å². The van der Waals surface area contributed by atoms with Crippen molar-refractivity contribution in [2.75, 3.05) is 5.32 Å². The van der Waals surface area contributed by atoms with Crippen molar-refractivity contribution in [3.63, 3.8) is 0 Å². The molecule has 2 aromatic rings. The van der Waals surface area contributed by atoms with Crippen molar-refractivity contribution in [2.24, 2.45) is 0 Å². The smallest absolute Gasteiger partial charge is 0.270 e. The molecule has 0 saturated carbocycles. The Hall–Kier alpha value is -2.14. The van der Waals surface area contributed by atoms with E-state index in [9.17, 15) is 4.79 Å². The summed E-state index contributed by atoms with van der Waals surface area (Å²) in [6.45, 7) is 11.5. The minimum atomic E-state index is -0.333. The maximum atomic E-state index is 12.3. The molecule has 2 rings (SSSR count). The number of nitrogens with one attached hydrogen (secondary N) is 2. The van der Waals surface area contributed by atoms with Gasteiger partial charge in [0.15, 0.2) is 0 Å². The highest BCUT2D eigenvalue weighted by Gasteiger charge is 2.18. The fourth-order valence-electron chi connectivity index (χ4n) is 2.33. The fraction of sp³-hybridized carbons (Fsp3) is 0.389. The Morgan fingerprint density at radius 1 is 1.08 bits per heavy atom. The third kappa shape index (κ3) is 4.68. The van der Waals surface area contributed by atoms with Gasteiger partial charge in [0, 0.05) is 11.2 Å². The molecule has 0 aliphatic carbocycles. The molecular weight excluding hydrogens is 324 g/mol. The average Bonchev–Trinajstić information content (AvgIpc) is 2.40. The second-order valence-electron chi connectivity index (χ2n) is 6.99. The Bertz CT molecular complexity index is 758. The highest BCUT2D eigenvalue weighted by Crippen LogP contribution is 2.29. The molecular formula is C18H23ClN4O. The van der Waals surface area contributed by atoms with Gasteiger partial charge in [0.1, 0.15) is 5.69 Å². The van der Waals surface area contributed by atoms with E-state index in [0.717, 1.165) is 16.8 Å². The Morgan fingerprint density at radius 2 is 1.75 bits per heavy atom. The third-order valence-electron chi connectivity index (χ3n) is 3.24. The van der Waals surface area contributed by atoms with Crippen molar-refractivity contribution in [1.29, 1.82) is 0 Å². The topological polar surface area (TPSA) is 66.9 Å². The summed E-state index contributed by atoms with van der Waals surface area (Å²) >= 11 is 6.32. The van der Waals surface area contributed by atoms with E-state index in [2.05, 4.69) is 20.6 Å². The number of hydrogen-bond donors (Lipinski definition) is 2. The van der Waals surface area contributed by atoms with Crippen LogP contribution in [0.25, 0.3) is 0 Å². The number of carbonyl (C=O) groups excluding carboxylic acids is 1. The van der Waals surface area contributed by atoms with E-state index in [-0.39, 0.29) is 11.4 Å². The molecule has 1 heterocycles. The van der Waals surface area contributed by atoms with Gasteiger partial charge in [-0.1, -0.05) is 17.7 Å². The van der Waals surface area contributed by atoms with Crippen LogP contribution in [0.3, 0.4) is 0 Å². The lowest BCUT2D eigenvalue weighted by Crippen LogP contribution is -2.41. The number of halogens is 1. The molecule has 2 N–H and O–H groups in total. The van der Waals surface area contributed by atoms with Crippen LogP contribution < -0.4 is 10.6 Å². The third-order valence-corrected chi connectivity index (χ3v) is 3.54. The number of rotatable bonds is 3. The number of hydrogen-bond acceptors (Lipinski definition) is 4. The largest absolute Gasteiger partial charge is 0.346 e. The molecule has 0 bridgehead atoms. The van der Waals surface area contributed by atoms with Gasteiger partial charge in [-0.25, -0.2) is 9.97 Å². The highest BCUT2D eigenvalue weighted by molar-refractivity contribution is 6.33. The van der Waals surface area contributed by atoms with E-state index in [1.807, 2.05) is 53.7 Å². The minimum Gasteiger partial charge on any atom is -0.346 e. The van der Waals surface area contributed by atoms with Crippen LogP contribution in [0, 0.1) is 20.8 Å². The van der Waals surface area contributed by atoms with Crippen molar-refractivity contribution in [2.45, 2.75) is 47.1 Å². The Kier molecular flexibility index (Phi) is 5.13. The summed E-state index contributed by atoms with van der Waals surface area (Å²) in [5.41, 5.74) is 3.51. The zero-order valence-corrected chi connectivity index (χ0v) is 15.7. The molecule has 0 saturated heterocycles. The van der Waals surface area contributed by atoms with E-state index >= 15 is 0 Å². The van der Waals surface area contributed by atoms with Gasteiger partial charge in [-0.3, -0.25) is 4.79 Å². The summed E-state index contributed by atoms with van der Waals surface area (Å²) in [4.78, 5) is 21.0. The molecule has 0 unspecified atom stereocenters. The first-order valence-corrected chi connectivity index (χ1v) is 8.15. The van der Waals surface area contributed by atoms with Gasteiger partial charge >= 0.3 is 0 Å². The molecule has 24 heavy (non-hydrogen) atoms. The number of nitrogens with zero attached hydrogens (tertiary/aromatic N) is 2. The first-order valence-electron chi connectivity index (χ1n) is 7.77. The Morgan fingerprint density at radius 3 is 2.33 bits per heavy atom. The van der Waals surface area contributed by atoms with Crippen LogP contribution in [-0.4, -0.2) is 21.4 Å². The summed E-state index contributed by atoms with van der Waals surface area (Å²) in [7, 11) is 0. The molecule has 0 aliphatic heterocycles. The van der Waals surface area contributed by atoms with Crippen molar-refractivity contribution >= 4 is 29.1 Å². The lowest BCUT2D eigenvalue weighted by Gasteiger charge is -2.20. The number of benzene rings is 1. The molecule has 1 aromatic heterocycles. The van der Waals surface area contributed by atoms with Gasteiger partial charge in [-0.05, 0) is 64.8 Å². The Labute approximate surface area is 147 Å². The fourth-order valence-corrected chi connectivity index (χ4v) is 2.70. The van der Waals surface area contributed by atoms with Crippen molar-refractivity contribution in [1.82, 2.24) is 15.3 Å². The molecule has 1 aromatic carbocycles. The van der Waals surface area contributed by atoms with Crippen LogP contribution in [0.5, 0.6) is 0 Å². The van der Waals surface area contributed by atoms with Gasteiger partial charge in [0.2, 0.25) is 5.95 Å². The van der Waals surface area contributed by atoms with Crippen LogP contribution >= 0.6 is 11.6 Å². The standard InChI is InChI=1S/C18H23ClN4O/c1-10-7-11(2)15(13(19)8-10)22-17-20-12(3)9-14(21-17)16(24)23-18(4,5)6/h7-9H,1-6H3,(H,23,24)(H,20,21,22). The first kappa shape index (κ1) is 18.2. The number of amides is 1.